The molecule has 1 aromatic rings. The van der Waals surface area contributed by atoms with Crippen molar-refractivity contribution in [3.05, 3.63) is 41.5 Å². The summed E-state index contributed by atoms with van der Waals surface area (Å²) in [4.78, 5) is 0. The molecule has 0 saturated carbocycles. The molecule has 21 heavy (non-hydrogen) atoms. The van der Waals surface area contributed by atoms with Crippen molar-refractivity contribution in [1.29, 1.82) is 0 Å². The Morgan fingerprint density at radius 3 is 2.14 bits per heavy atom. The Kier molecular flexibility index (Phi) is 4.03. The summed E-state index contributed by atoms with van der Waals surface area (Å²) < 4.78 is 78.8. The van der Waals surface area contributed by atoms with Gasteiger partial charge in [0.15, 0.2) is 0 Å². The molecule has 1 N–H and O–H groups in total. The molecule has 0 amide bonds. The van der Waals surface area contributed by atoms with Crippen molar-refractivity contribution in [1.82, 2.24) is 0 Å². The molecule has 0 aromatic heterocycles. The fourth-order valence-corrected chi connectivity index (χ4v) is 2.03. The fourth-order valence-electron chi connectivity index (χ4n) is 2.03. The number of fused-ring (bicyclic) bond motifs is 1. The average Bonchev–Trinajstić information content (AvgIpc) is 2.35. The number of alkyl halides is 6. The second kappa shape index (κ2) is 5.34. The van der Waals surface area contributed by atoms with Crippen LogP contribution in [-0.2, 0) is 4.74 Å². The Labute approximate surface area is 115 Å². The molecule has 116 valence electrons. The molecule has 0 saturated heterocycles. The molecule has 2 nitrogen and oxygen atoms in total. The van der Waals surface area contributed by atoms with Crippen molar-refractivity contribution in [2.45, 2.75) is 30.7 Å². The van der Waals surface area contributed by atoms with Crippen LogP contribution in [0.5, 0.6) is 0 Å². The SMILES string of the molecule is O[C@@H]1c2ccccc2C=C[C@H]1OC(C(F)(F)F)C(F)(F)F. The Morgan fingerprint density at radius 1 is 1.00 bits per heavy atom. The summed E-state index contributed by atoms with van der Waals surface area (Å²) >= 11 is 0. The number of benzene rings is 1. The van der Waals surface area contributed by atoms with Gasteiger partial charge in [0, 0.05) is 0 Å². The Balaban J connectivity index is 2.24. The number of halogens is 6. The zero-order valence-electron chi connectivity index (χ0n) is 10.3. The average molecular weight is 312 g/mol. The largest absolute Gasteiger partial charge is 0.423 e. The van der Waals surface area contributed by atoms with Gasteiger partial charge in [0.2, 0.25) is 6.10 Å². The topological polar surface area (TPSA) is 29.5 Å². The molecule has 2 rings (SSSR count). The maximum absolute atomic E-state index is 12.4. The van der Waals surface area contributed by atoms with Crippen LogP contribution >= 0.6 is 0 Å². The summed E-state index contributed by atoms with van der Waals surface area (Å²) in [6.07, 6.45) is -16.2. The van der Waals surface area contributed by atoms with Crippen LogP contribution in [0.3, 0.4) is 0 Å². The lowest BCUT2D eigenvalue weighted by Gasteiger charge is -2.31. The van der Waals surface area contributed by atoms with E-state index in [9.17, 15) is 31.4 Å². The van der Waals surface area contributed by atoms with Gasteiger partial charge in [-0.05, 0) is 11.1 Å². The lowest BCUT2D eigenvalue weighted by molar-refractivity contribution is -0.332. The van der Waals surface area contributed by atoms with Crippen LogP contribution in [0.1, 0.15) is 17.2 Å². The van der Waals surface area contributed by atoms with E-state index in [4.69, 9.17) is 0 Å². The highest BCUT2D eigenvalue weighted by molar-refractivity contribution is 5.58. The lowest BCUT2D eigenvalue weighted by atomic mass is 9.93. The highest BCUT2D eigenvalue weighted by Gasteiger charge is 2.59. The summed E-state index contributed by atoms with van der Waals surface area (Å²) in [6, 6.07) is 6.14. The van der Waals surface area contributed by atoms with Gasteiger partial charge < -0.3 is 9.84 Å². The third-order valence-electron chi connectivity index (χ3n) is 2.98. The maximum Gasteiger partial charge on any atom is 0.423 e. The lowest BCUT2D eigenvalue weighted by Crippen LogP contribution is -2.47. The normalized spacial score (nSPS) is 22.5. The first-order valence-electron chi connectivity index (χ1n) is 5.85. The van der Waals surface area contributed by atoms with Crippen LogP contribution in [-0.4, -0.2) is 29.7 Å². The second-order valence-corrected chi connectivity index (χ2v) is 4.50. The number of ether oxygens (including phenoxy) is 1. The van der Waals surface area contributed by atoms with Crippen molar-refractivity contribution in [3.63, 3.8) is 0 Å². The monoisotopic (exact) mass is 312 g/mol. The minimum atomic E-state index is -5.61. The summed E-state index contributed by atoms with van der Waals surface area (Å²) in [5, 5.41) is 9.89. The van der Waals surface area contributed by atoms with Gasteiger partial charge in [-0.1, -0.05) is 36.4 Å². The van der Waals surface area contributed by atoms with Crippen molar-refractivity contribution in [2.75, 3.05) is 0 Å². The Bertz CT molecular complexity index is 520. The van der Waals surface area contributed by atoms with Gasteiger partial charge in [-0.15, -0.1) is 0 Å². The van der Waals surface area contributed by atoms with Crippen LogP contribution in [0.25, 0.3) is 6.08 Å². The third-order valence-corrected chi connectivity index (χ3v) is 2.98. The molecule has 2 atom stereocenters. The van der Waals surface area contributed by atoms with Crippen LogP contribution < -0.4 is 0 Å². The molecule has 1 aromatic carbocycles. The molecule has 1 aliphatic rings. The van der Waals surface area contributed by atoms with E-state index in [-0.39, 0.29) is 5.56 Å². The van der Waals surface area contributed by atoms with Gasteiger partial charge in [-0.3, -0.25) is 0 Å². The first-order valence-corrected chi connectivity index (χ1v) is 5.85. The third kappa shape index (κ3) is 3.38. The van der Waals surface area contributed by atoms with Crippen LogP contribution in [0.15, 0.2) is 30.3 Å². The van der Waals surface area contributed by atoms with E-state index in [0.29, 0.717) is 5.56 Å². The first-order chi connectivity index (χ1) is 9.60. The summed E-state index contributed by atoms with van der Waals surface area (Å²) in [7, 11) is 0. The van der Waals surface area contributed by atoms with Crippen LogP contribution in [0.2, 0.25) is 0 Å². The highest BCUT2D eigenvalue weighted by atomic mass is 19.4. The molecule has 0 bridgehead atoms. The molecule has 0 spiro atoms. The zero-order valence-corrected chi connectivity index (χ0v) is 10.3. The number of aliphatic hydroxyl groups is 1. The molecule has 0 heterocycles. The van der Waals surface area contributed by atoms with Gasteiger partial charge in [-0.2, -0.15) is 26.3 Å². The molecule has 0 radical (unpaired) electrons. The van der Waals surface area contributed by atoms with Gasteiger partial charge in [0.05, 0.1) is 0 Å². The van der Waals surface area contributed by atoms with E-state index in [2.05, 4.69) is 4.74 Å². The standard InChI is InChI=1S/C13H10F6O2/c14-12(15,16)11(13(17,18)19)21-9-6-5-7-3-1-2-4-8(7)10(9)20/h1-6,9-11,20H/t9-,10-/m1/s1. The van der Waals surface area contributed by atoms with E-state index >= 15 is 0 Å². The quantitative estimate of drug-likeness (QED) is 0.845. The van der Waals surface area contributed by atoms with E-state index in [1.807, 2.05) is 0 Å². The molecule has 0 aliphatic heterocycles. The molecular weight excluding hydrogens is 302 g/mol. The van der Waals surface area contributed by atoms with Gasteiger partial charge in [0.1, 0.15) is 12.2 Å². The number of rotatable bonds is 2. The molecular formula is C13H10F6O2. The Hall–Kier alpha value is -1.54. The van der Waals surface area contributed by atoms with E-state index < -0.39 is 30.7 Å². The number of aliphatic hydroxyl groups excluding tert-OH is 1. The zero-order chi connectivity index (χ0) is 15.8. The number of hydrogen-bond donors (Lipinski definition) is 1. The summed E-state index contributed by atoms with van der Waals surface area (Å²) in [5.41, 5.74) is 0.730. The molecule has 8 heteroatoms. The maximum atomic E-state index is 12.4. The van der Waals surface area contributed by atoms with Gasteiger partial charge >= 0.3 is 12.4 Å². The van der Waals surface area contributed by atoms with Crippen molar-refractivity contribution in [2.24, 2.45) is 0 Å². The first kappa shape index (κ1) is 15.8. The fraction of sp³-hybridized carbons (Fsp3) is 0.385. The minimum Gasteiger partial charge on any atom is -0.385 e. The van der Waals surface area contributed by atoms with Gasteiger partial charge in [-0.25, -0.2) is 0 Å². The van der Waals surface area contributed by atoms with Crippen molar-refractivity contribution < 1.29 is 36.2 Å². The molecule has 0 unspecified atom stereocenters. The summed E-state index contributed by atoms with van der Waals surface area (Å²) in [6.45, 7) is 0. The molecule has 0 fully saturated rings. The van der Waals surface area contributed by atoms with Crippen molar-refractivity contribution in [3.8, 4) is 0 Å². The Morgan fingerprint density at radius 2 is 1.57 bits per heavy atom. The molecule has 1 aliphatic carbocycles. The van der Waals surface area contributed by atoms with E-state index in [1.165, 1.54) is 18.2 Å². The predicted octanol–water partition coefficient (Wildman–Crippen LogP) is 3.63. The second-order valence-electron chi connectivity index (χ2n) is 4.50. The minimum absolute atomic E-state index is 0.216. The van der Waals surface area contributed by atoms with E-state index in [0.717, 1.165) is 6.08 Å². The van der Waals surface area contributed by atoms with Gasteiger partial charge in [0.25, 0.3) is 0 Å². The van der Waals surface area contributed by atoms with E-state index in [1.54, 1.807) is 12.1 Å². The smallest absolute Gasteiger partial charge is 0.385 e. The van der Waals surface area contributed by atoms with Crippen molar-refractivity contribution >= 4 is 6.08 Å². The summed E-state index contributed by atoms with van der Waals surface area (Å²) in [5.74, 6) is 0. The predicted molar refractivity (Wildman–Crippen MR) is 61.2 cm³/mol. The number of hydrogen-bond acceptors (Lipinski definition) is 2. The van der Waals surface area contributed by atoms with Crippen LogP contribution in [0.4, 0.5) is 26.3 Å². The van der Waals surface area contributed by atoms with Crippen LogP contribution in [0, 0.1) is 0 Å². The highest BCUT2D eigenvalue weighted by Crippen LogP contribution is 2.39.